The number of furan rings is 1. The Morgan fingerprint density at radius 3 is 1.75 bits per heavy atom. The average molecular weight is 720 g/mol. The van der Waals surface area contributed by atoms with Gasteiger partial charge in [-0.05, 0) is 99.4 Å². The molecule has 0 unspecified atom stereocenters. The van der Waals surface area contributed by atoms with Crippen LogP contribution < -0.4 is 4.90 Å². The lowest BCUT2D eigenvalue weighted by Crippen LogP contribution is -2.10. The predicted molar refractivity (Wildman–Crippen MR) is 235 cm³/mol. The molecule has 0 spiro atoms. The molecule has 0 N–H and O–H groups in total. The molecule has 0 atom stereocenters. The fourth-order valence-electron chi connectivity index (χ4n) is 8.19. The molecule has 2 heterocycles. The first-order chi connectivity index (χ1) is 27.2. The molecule has 0 aliphatic heterocycles. The molecule has 0 saturated carbocycles. The molecule has 258 valence electrons. The number of thiophene rings is 1. The van der Waals surface area contributed by atoms with Gasteiger partial charge in [-0.2, -0.15) is 0 Å². The molecule has 0 aliphatic carbocycles. The molecule has 0 amide bonds. The van der Waals surface area contributed by atoms with E-state index in [-0.39, 0.29) is 0 Å². The van der Waals surface area contributed by atoms with Crippen molar-refractivity contribution in [3.8, 4) is 33.4 Å². The Morgan fingerprint density at radius 2 is 0.982 bits per heavy atom. The van der Waals surface area contributed by atoms with E-state index in [1.807, 2.05) is 11.3 Å². The Bertz CT molecular complexity index is 3140. The SMILES string of the molecule is c1ccc(-c2cc(-c3ccccc3)cc(N(c3ccc(-c4ccc5c(c4)sc4ccccc45)cc3)c3cccc4oc5c6ccccc6ccc5c34)c2)cc1. The zero-order valence-electron chi connectivity index (χ0n) is 29.8. The first-order valence-electron chi connectivity index (χ1n) is 18.7. The maximum atomic E-state index is 6.72. The van der Waals surface area contributed by atoms with Crippen LogP contribution in [0.4, 0.5) is 17.1 Å². The lowest BCUT2D eigenvalue weighted by molar-refractivity contribution is 0.672. The van der Waals surface area contributed by atoms with Crippen LogP contribution in [0.15, 0.2) is 205 Å². The van der Waals surface area contributed by atoms with Crippen LogP contribution in [-0.4, -0.2) is 0 Å². The third-order valence-electron chi connectivity index (χ3n) is 10.8. The maximum Gasteiger partial charge on any atom is 0.143 e. The highest BCUT2D eigenvalue weighted by Crippen LogP contribution is 2.46. The van der Waals surface area contributed by atoms with E-state index in [0.29, 0.717) is 0 Å². The third kappa shape index (κ3) is 5.40. The molecule has 9 aromatic carbocycles. The summed E-state index contributed by atoms with van der Waals surface area (Å²) in [6.45, 7) is 0. The van der Waals surface area contributed by atoms with E-state index in [1.54, 1.807) is 0 Å². The Labute approximate surface area is 322 Å². The average Bonchev–Trinajstić information content (AvgIpc) is 3.83. The van der Waals surface area contributed by atoms with Crippen molar-refractivity contribution >= 4 is 81.3 Å². The van der Waals surface area contributed by atoms with Crippen molar-refractivity contribution in [2.45, 2.75) is 0 Å². The summed E-state index contributed by atoms with van der Waals surface area (Å²) in [7, 11) is 0. The normalized spacial score (nSPS) is 11.6. The highest BCUT2D eigenvalue weighted by molar-refractivity contribution is 7.25. The van der Waals surface area contributed by atoms with Crippen LogP contribution in [0.2, 0.25) is 0 Å². The summed E-state index contributed by atoms with van der Waals surface area (Å²) in [6.07, 6.45) is 0. The molecular weight excluding hydrogens is 687 g/mol. The monoisotopic (exact) mass is 719 g/mol. The number of hydrogen-bond donors (Lipinski definition) is 0. The van der Waals surface area contributed by atoms with Crippen LogP contribution >= 0.6 is 11.3 Å². The molecule has 0 radical (unpaired) electrons. The molecule has 0 saturated heterocycles. The van der Waals surface area contributed by atoms with Gasteiger partial charge in [0.05, 0.1) is 11.1 Å². The highest BCUT2D eigenvalue weighted by atomic mass is 32.1. The topological polar surface area (TPSA) is 16.4 Å². The van der Waals surface area contributed by atoms with Crippen molar-refractivity contribution in [3.05, 3.63) is 200 Å². The van der Waals surface area contributed by atoms with Crippen LogP contribution in [0.3, 0.4) is 0 Å². The van der Waals surface area contributed by atoms with Crippen molar-refractivity contribution in [2.24, 2.45) is 0 Å². The molecule has 0 fully saturated rings. The molecular formula is C52H33NOS. The minimum atomic E-state index is 0.865. The number of benzene rings is 9. The van der Waals surface area contributed by atoms with Gasteiger partial charge in [0.15, 0.2) is 0 Å². The number of hydrogen-bond acceptors (Lipinski definition) is 3. The third-order valence-corrected chi connectivity index (χ3v) is 12.0. The Hall–Kier alpha value is -6.94. The lowest BCUT2D eigenvalue weighted by atomic mass is 9.96. The van der Waals surface area contributed by atoms with Gasteiger partial charge in [-0.3, -0.25) is 0 Å². The predicted octanol–water partition coefficient (Wildman–Crippen LogP) is 15.6. The summed E-state index contributed by atoms with van der Waals surface area (Å²) >= 11 is 1.86. The molecule has 3 heteroatoms. The Kier molecular flexibility index (Phi) is 7.39. The van der Waals surface area contributed by atoms with Gasteiger partial charge >= 0.3 is 0 Å². The van der Waals surface area contributed by atoms with Gasteiger partial charge in [0.1, 0.15) is 11.2 Å². The minimum absolute atomic E-state index is 0.865. The van der Waals surface area contributed by atoms with E-state index < -0.39 is 0 Å². The Balaban J connectivity index is 1.13. The van der Waals surface area contributed by atoms with Crippen LogP contribution in [0.5, 0.6) is 0 Å². The summed E-state index contributed by atoms with van der Waals surface area (Å²) in [6, 6.07) is 72.2. The molecule has 55 heavy (non-hydrogen) atoms. The first kappa shape index (κ1) is 31.6. The number of nitrogens with zero attached hydrogens (tertiary/aromatic N) is 1. The van der Waals surface area contributed by atoms with Crippen molar-refractivity contribution in [3.63, 3.8) is 0 Å². The van der Waals surface area contributed by atoms with E-state index in [4.69, 9.17) is 4.42 Å². The standard InChI is InChI=1S/C52H33NOS/c1-3-12-34(13-4-1)39-30-40(35-14-5-2-6-15-35)32-42(31-39)53(47-19-11-20-48-51(47)46-29-24-37-16-7-8-17-43(37)52(46)54-48)41-26-22-36(23-27-41)38-25-28-45-44-18-9-10-21-49(44)55-50(45)33-38/h1-33H. The van der Waals surface area contributed by atoms with E-state index >= 15 is 0 Å². The second kappa shape index (κ2) is 12.9. The molecule has 2 aromatic heterocycles. The van der Waals surface area contributed by atoms with Gasteiger partial charge in [-0.1, -0.05) is 140 Å². The van der Waals surface area contributed by atoms with Crippen molar-refractivity contribution in [1.29, 1.82) is 0 Å². The van der Waals surface area contributed by atoms with Gasteiger partial charge in [0.25, 0.3) is 0 Å². The maximum absolute atomic E-state index is 6.72. The fraction of sp³-hybridized carbons (Fsp3) is 0. The summed E-state index contributed by atoms with van der Waals surface area (Å²) < 4.78 is 9.35. The summed E-state index contributed by atoms with van der Waals surface area (Å²) in [5.41, 5.74) is 12.0. The zero-order chi connectivity index (χ0) is 36.3. The van der Waals surface area contributed by atoms with Gasteiger partial charge in [-0.25, -0.2) is 0 Å². The quantitative estimate of drug-likeness (QED) is 0.170. The van der Waals surface area contributed by atoms with Crippen LogP contribution in [-0.2, 0) is 0 Å². The highest BCUT2D eigenvalue weighted by Gasteiger charge is 2.22. The first-order valence-corrected chi connectivity index (χ1v) is 19.5. The molecule has 11 aromatic rings. The number of rotatable bonds is 6. The summed E-state index contributed by atoms with van der Waals surface area (Å²) in [5, 5.41) is 7.11. The zero-order valence-corrected chi connectivity index (χ0v) is 30.6. The van der Waals surface area contributed by atoms with E-state index in [2.05, 4.69) is 205 Å². The molecule has 0 aliphatic rings. The van der Waals surface area contributed by atoms with E-state index in [0.717, 1.165) is 55.5 Å². The van der Waals surface area contributed by atoms with Crippen molar-refractivity contribution < 1.29 is 4.42 Å². The van der Waals surface area contributed by atoms with Gasteiger partial charge < -0.3 is 9.32 Å². The van der Waals surface area contributed by atoms with Crippen LogP contribution in [0.25, 0.3) is 86.3 Å². The Morgan fingerprint density at radius 1 is 0.364 bits per heavy atom. The minimum Gasteiger partial charge on any atom is -0.455 e. The smallest absolute Gasteiger partial charge is 0.143 e. The van der Waals surface area contributed by atoms with Crippen LogP contribution in [0, 0.1) is 0 Å². The second-order valence-electron chi connectivity index (χ2n) is 14.1. The second-order valence-corrected chi connectivity index (χ2v) is 15.2. The van der Waals surface area contributed by atoms with Gasteiger partial charge in [-0.15, -0.1) is 11.3 Å². The summed E-state index contributed by atoms with van der Waals surface area (Å²) in [5.74, 6) is 0. The largest absolute Gasteiger partial charge is 0.455 e. The molecule has 2 nitrogen and oxygen atoms in total. The number of fused-ring (bicyclic) bond motifs is 8. The van der Waals surface area contributed by atoms with E-state index in [9.17, 15) is 0 Å². The fourth-order valence-corrected chi connectivity index (χ4v) is 9.34. The van der Waals surface area contributed by atoms with Gasteiger partial charge in [0, 0.05) is 42.3 Å². The van der Waals surface area contributed by atoms with Crippen LogP contribution in [0.1, 0.15) is 0 Å². The van der Waals surface area contributed by atoms with Crippen molar-refractivity contribution in [2.75, 3.05) is 4.90 Å². The van der Waals surface area contributed by atoms with E-state index in [1.165, 1.54) is 47.8 Å². The molecule has 11 rings (SSSR count). The summed E-state index contributed by atoms with van der Waals surface area (Å²) in [4.78, 5) is 2.41. The van der Waals surface area contributed by atoms with Crippen molar-refractivity contribution in [1.82, 2.24) is 0 Å². The lowest BCUT2D eigenvalue weighted by Gasteiger charge is -2.28. The number of anilines is 3. The van der Waals surface area contributed by atoms with Gasteiger partial charge in [0.2, 0.25) is 0 Å². The molecule has 0 bridgehead atoms.